The van der Waals surface area contributed by atoms with Gasteiger partial charge in [-0.3, -0.25) is 14.4 Å². The van der Waals surface area contributed by atoms with Crippen molar-refractivity contribution in [2.75, 3.05) is 51.3 Å². The van der Waals surface area contributed by atoms with E-state index in [0.717, 1.165) is 81.3 Å². The summed E-state index contributed by atoms with van der Waals surface area (Å²) in [4.78, 5) is 20.5. The SMILES string of the molecule is COc1ccccc1N1CCN(C(=O)[C@H]2CN3CC[C@@H]2C[C@@H]3Cn2cc(-c3ccccc3)nn2)CC1. The summed E-state index contributed by atoms with van der Waals surface area (Å²) in [7, 11) is 1.71. The van der Waals surface area contributed by atoms with Gasteiger partial charge in [-0.05, 0) is 37.4 Å². The van der Waals surface area contributed by atoms with Gasteiger partial charge in [0.2, 0.25) is 5.91 Å². The lowest BCUT2D eigenvalue weighted by molar-refractivity contribution is -0.144. The number of anilines is 1. The van der Waals surface area contributed by atoms with Gasteiger partial charge in [0.05, 0.1) is 31.5 Å². The number of ether oxygens (including phenoxy) is 1. The maximum absolute atomic E-state index is 13.6. The highest BCUT2D eigenvalue weighted by Crippen LogP contribution is 2.38. The number of rotatable bonds is 6. The third-order valence-corrected chi connectivity index (χ3v) is 8.22. The molecule has 2 bridgehead atoms. The second-order valence-electron chi connectivity index (χ2n) is 10.2. The molecule has 1 amide bonds. The molecule has 0 aliphatic carbocycles. The van der Waals surface area contributed by atoms with Crippen molar-refractivity contribution in [3.05, 3.63) is 60.8 Å². The highest BCUT2D eigenvalue weighted by atomic mass is 16.5. The Kier molecular flexibility index (Phi) is 6.35. The predicted octanol–water partition coefficient (Wildman–Crippen LogP) is 3.01. The van der Waals surface area contributed by atoms with Crippen molar-refractivity contribution in [3.8, 4) is 17.0 Å². The van der Waals surface area contributed by atoms with Gasteiger partial charge in [-0.15, -0.1) is 5.10 Å². The fourth-order valence-electron chi connectivity index (χ4n) is 6.25. The van der Waals surface area contributed by atoms with E-state index in [-0.39, 0.29) is 5.92 Å². The first-order valence-corrected chi connectivity index (χ1v) is 13.1. The average molecular weight is 487 g/mol. The second kappa shape index (κ2) is 9.93. The number of methoxy groups -OCH3 is 1. The summed E-state index contributed by atoms with van der Waals surface area (Å²) in [5.74, 6) is 1.80. The normalized spacial score (nSPS) is 25.7. The highest BCUT2D eigenvalue weighted by Gasteiger charge is 2.44. The van der Waals surface area contributed by atoms with Gasteiger partial charge in [0.1, 0.15) is 11.4 Å². The third-order valence-electron chi connectivity index (χ3n) is 8.22. The first-order valence-electron chi connectivity index (χ1n) is 13.1. The molecule has 1 aromatic heterocycles. The number of carbonyl (C=O) groups is 1. The number of amides is 1. The van der Waals surface area contributed by atoms with Crippen LogP contribution in [0.25, 0.3) is 11.3 Å². The molecule has 7 rings (SSSR count). The van der Waals surface area contributed by atoms with Crippen LogP contribution in [0.1, 0.15) is 12.8 Å². The Hall–Kier alpha value is -3.39. The number of nitrogens with zero attached hydrogens (tertiary/aromatic N) is 6. The van der Waals surface area contributed by atoms with Gasteiger partial charge >= 0.3 is 0 Å². The average Bonchev–Trinajstić information content (AvgIpc) is 3.42. The lowest BCUT2D eigenvalue weighted by Crippen LogP contribution is -2.60. The molecular formula is C28H34N6O2. The molecule has 4 atom stereocenters. The zero-order valence-electron chi connectivity index (χ0n) is 20.9. The Bertz CT molecular complexity index is 1190. The maximum atomic E-state index is 13.6. The molecule has 188 valence electrons. The number of aromatic nitrogens is 3. The van der Waals surface area contributed by atoms with Crippen molar-refractivity contribution in [1.82, 2.24) is 24.8 Å². The van der Waals surface area contributed by atoms with Crippen LogP contribution >= 0.6 is 0 Å². The number of piperazine rings is 1. The topological polar surface area (TPSA) is 66.7 Å². The summed E-state index contributed by atoms with van der Waals surface area (Å²) in [6.07, 6.45) is 4.21. The van der Waals surface area contributed by atoms with Crippen molar-refractivity contribution in [2.24, 2.45) is 11.8 Å². The zero-order valence-corrected chi connectivity index (χ0v) is 20.9. The monoisotopic (exact) mass is 486 g/mol. The van der Waals surface area contributed by atoms with Crippen LogP contribution < -0.4 is 9.64 Å². The van der Waals surface area contributed by atoms with E-state index >= 15 is 0 Å². The minimum Gasteiger partial charge on any atom is -0.495 e. The molecule has 4 aliphatic heterocycles. The molecular weight excluding hydrogens is 452 g/mol. The molecule has 1 unspecified atom stereocenters. The van der Waals surface area contributed by atoms with Crippen molar-refractivity contribution in [2.45, 2.75) is 25.4 Å². The van der Waals surface area contributed by atoms with E-state index in [4.69, 9.17) is 4.74 Å². The number of fused-ring (bicyclic) bond motifs is 3. The number of piperidine rings is 3. The van der Waals surface area contributed by atoms with Crippen LogP contribution in [0.2, 0.25) is 0 Å². The molecule has 0 N–H and O–H groups in total. The molecule has 2 aromatic carbocycles. The fraction of sp³-hybridized carbons (Fsp3) is 0.464. The van der Waals surface area contributed by atoms with E-state index < -0.39 is 0 Å². The summed E-state index contributed by atoms with van der Waals surface area (Å²) < 4.78 is 7.51. The van der Waals surface area contributed by atoms with E-state index in [2.05, 4.69) is 43.2 Å². The summed E-state index contributed by atoms with van der Waals surface area (Å²) >= 11 is 0. The Morgan fingerprint density at radius 2 is 1.78 bits per heavy atom. The molecule has 0 saturated carbocycles. The maximum Gasteiger partial charge on any atom is 0.227 e. The third kappa shape index (κ3) is 4.46. The summed E-state index contributed by atoms with van der Waals surface area (Å²) in [6.45, 7) is 5.98. The molecule has 4 saturated heterocycles. The van der Waals surface area contributed by atoms with Gasteiger partial charge in [0.15, 0.2) is 0 Å². The van der Waals surface area contributed by atoms with Crippen LogP contribution in [0.15, 0.2) is 60.8 Å². The summed E-state index contributed by atoms with van der Waals surface area (Å²) in [6, 6.07) is 18.7. The molecule has 4 aliphatic rings. The van der Waals surface area contributed by atoms with Gasteiger partial charge < -0.3 is 14.5 Å². The van der Waals surface area contributed by atoms with Crippen molar-refractivity contribution < 1.29 is 9.53 Å². The zero-order chi connectivity index (χ0) is 24.5. The number of benzene rings is 2. The molecule has 36 heavy (non-hydrogen) atoms. The van der Waals surface area contributed by atoms with Crippen LogP contribution in [-0.4, -0.2) is 83.1 Å². The van der Waals surface area contributed by atoms with Gasteiger partial charge in [0.25, 0.3) is 0 Å². The van der Waals surface area contributed by atoms with Crippen molar-refractivity contribution in [3.63, 3.8) is 0 Å². The summed E-state index contributed by atoms with van der Waals surface area (Å²) in [5.41, 5.74) is 3.11. The Morgan fingerprint density at radius 1 is 1.00 bits per heavy atom. The fourth-order valence-corrected chi connectivity index (χ4v) is 6.25. The number of hydrogen-bond donors (Lipinski definition) is 0. The van der Waals surface area contributed by atoms with Crippen molar-refractivity contribution in [1.29, 1.82) is 0 Å². The van der Waals surface area contributed by atoms with E-state index in [1.807, 2.05) is 47.3 Å². The van der Waals surface area contributed by atoms with E-state index in [9.17, 15) is 4.79 Å². The van der Waals surface area contributed by atoms with E-state index in [1.54, 1.807) is 7.11 Å². The predicted molar refractivity (Wildman–Crippen MR) is 139 cm³/mol. The molecule has 5 heterocycles. The molecule has 0 spiro atoms. The van der Waals surface area contributed by atoms with Crippen LogP contribution in [0.5, 0.6) is 5.75 Å². The Labute approximate surface area is 212 Å². The van der Waals surface area contributed by atoms with Crippen molar-refractivity contribution >= 4 is 11.6 Å². The standard InChI is InChI=1S/C28H34N6O2/c1-36-27-10-6-5-9-26(27)31-13-15-32(16-14-31)28(35)24-19-33-12-11-22(24)17-23(33)18-34-20-25(29-30-34)21-7-3-2-4-8-21/h2-10,20,22-24H,11-19H2,1H3/t22-,23-,24+/m1/s1. The number of hydrogen-bond acceptors (Lipinski definition) is 6. The van der Waals surface area contributed by atoms with E-state index in [0.29, 0.717) is 17.9 Å². The summed E-state index contributed by atoms with van der Waals surface area (Å²) in [5, 5.41) is 8.77. The minimum absolute atomic E-state index is 0.114. The van der Waals surface area contributed by atoms with E-state index in [1.165, 1.54) is 0 Å². The first kappa shape index (κ1) is 23.0. The Balaban J connectivity index is 1.05. The van der Waals surface area contributed by atoms with Crippen LogP contribution in [-0.2, 0) is 11.3 Å². The first-order chi connectivity index (χ1) is 17.7. The van der Waals surface area contributed by atoms with Gasteiger partial charge in [-0.25, -0.2) is 0 Å². The smallest absolute Gasteiger partial charge is 0.227 e. The largest absolute Gasteiger partial charge is 0.495 e. The molecule has 8 heteroatoms. The molecule has 0 radical (unpaired) electrons. The van der Waals surface area contributed by atoms with Gasteiger partial charge in [0, 0.05) is 44.3 Å². The second-order valence-corrected chi connectivity index (χ2v) is 10.2. The number of para-hydroxylation sites is 2. The molecule has 4 fully saturated rings. The van der Waals surface area contributed by atoms with Crippen LogP contribution in [0, 0.1) is 11.8 Å². The van der Waals surface area contributed by atoms with Gasteiger partial charge in [-0.1, -0.05) is 47.7 Å². The Morgan fingerprint density at radius 3 is 2.53 bits per heavy atom. The molecule has 3 aromatic rings. The van der Waals surface area contributed by atoms with Gasteiger partial charge in [-0.2, -0.15) is 0 Å². The molecule has 8 nitrogen and oxygen atoms in total. The minimum atomic E-state index is 0.114. The quantitative estimate of drug-likeness (QED) is 0.534. The highest BCUT2D eigenvalue weighted by molar-refractivity contribution is 5.80. The number of carbonyl (C=O) groups excluding carboxylic acids is 1. The van der Waals surface area contributed by atoms with Crippen LogP contribution in [0.3, 0.4) is 0 Å². The lowest BCUT2D eigenvalue weighted by Gasteiger charge is -2.50. The van der Waals surface area contributed by atoms with Crippen LogP contribution in [0.4, 0.5) is 5.69 Å². The lowest BCUT2D eigenvalue weighted by atomic mass is 9.75.